The van der Waals surface area contributed by atoms with E-state index >= 15 is 0 Å². The number of nitrogens with zero attached hydrogens (tertiary/aromatic N) is 1. The van der Waals surface area contributed by atoms with Crippen molar-refractivity contribution in [1.82, 2.24) is 9.62 Å². The molecule has 0 unspecified atom stereocenters. The first kappa shape index (κ1) is 18.7. The second-order valence-corrected chi connectivity index (χ2v) is 9.24. The predicted octanol–water partition coefficient (Wildman–Crippen LogP) is 3.05. The molecule has 1 aliphatic carbocycles. The Balaban J connectivity index is 1.48. The predicted molar refractivity (Wildman–Crippen MR) is 97.9 cm³/mol. The molecular weight excluding hydrogens is 360 g/mol. The van der Waals surface area contributed by atoms with E-state index < -0.39 is 10.0 Å². The molecule has 1 saturated heterocycles. The lowest BCUT2D eigenvalue weighted by atomic mass is 9.75. The summed E-state index contributed by atoms with van der Waals surface area (Å²) < 4.78 is 26.9. The van der Waals surface area contributed by atoms with Crippen LogP contribution in [-0.2, 0) is 14.8 Å². The van der Waals surface area contributed by atoms with Crippen molar-refractivity contribution in [2.75, 3.05) is 19.6 Å². The van der Waals surface area contributed by atoms with Gasteiger partial charge < -0.3 is 4.90 Å². The van der Waals surface area contributed by atoms with Crippen LogP contribution in [0.4, 0.5) is 0 Å². The summed E-state index contributed by atoms with van der Waals surface area (Å²) in [5, 5.41) is 0.486. The zero-order valence-corrected chi connectivity index (χ0v) is 15.9. The standard InChI is InChI=1S/C18H25ClN2O3S/c19-16-5-7-17(8-6-16)25(23,24)20-11-9-18(22)21-12-10-14-3-1-2-4-15(14)13-21/h5-8,14-15,20H,1-4,9-13H2/t14-,15+/m0/s1. The van der Waals surface area contributed by atoms with Crippen LogP contribution < -0.4 is 4.72 Å². The molecule has 7 heteroatoms. The van der Waals surface area contributed by atoms with E-state index in [1.807, 2.05) is 4.90 Å². The Labute approximate surface area is 154 Å². The zero-order valence-electron chi connectivity index (χ0n) is 14.3. The summed E-state index contributed by atoms with van der Waals surface area (Å²) in [5.74, 6) is 1.46. The molecule has 1 aromatic carbocycles. The molecule has 2 fully saturated rings. The van der Waals surface area contributed by atoms with Crippen LogP contribution in [0, 0.1) is 11.8 Å². The van der Waals surface area contributed by atoms with Gasteiger partial charge in [-0.2, -0.15) is 0 Å². The Bertz CT molecular complexity index is 706. The molecule has 0 spiro atoms. The molecule has 25 heavy (non-hydrogen) atoms. The minimum absolute atomic E-state index is 0.0443. The van der Waals surface area contributed by atoms with Gasteiger partial charge in [0.1, 0.15) is 0 Å². The Hall–Kier alpha value is -1.11. The quantitative estimate of drug-likeness (QED) is 0.848. The number of likely N-dealkylation sites (tertiary alicyclic amines) is 1. The molecule has 138 valence electrons. The molecular formula is C18H25ClN2O3S. The summed E-state index contributed by atoms with van der Waals surface area (Å²) in [5.41, 5.74) is 0. The van der Waals surface area contributed by atoms with Crippen molar-refractivity contribution >= 4 is 27.5 Å². The highest BCUT2D eigenvalue weighted by molar-refractivity contribution is 7.89. The molecule has 1 N–H and O–H groups in total. The topological polar surface area (TPSA) is 66.5 Å². The van der Waals surface area contributed by atoms with E-state index in [1.165, 1.54) is 49.9 Å². The van der Waals surface area contributed by atoms with Gasteiger partial charge in [-0.3, -0.25) is 4.79 Å². The number of halogens is 1. The van der Waals surface area contributed by atoms with Gasteiger partial charge in [0.25, 0.3) is 0 Å². The normalized spacial score (nSPS) is 24.0. The molecule has 3 rings (SSSR count). The molecule has 1 saturated carbocycles. The number of carbonyl (C=O) groups excluding carboxylic acids is 1. The number of fused-ring (bicyclic) bond motifs is 1. The second-order valence-electron chi connectivity index (χ2n) is 7.03. The van der Waals surface area contributed by atoms with Gasteiger partial charge in [-0.1, -0.05) is 30.9 Å². The molecule has 2 aliphatic rings. The van der Waals surface area contributed by atoms with Crippen LogP contribution in [0.15, 0.2) is 29.2 Å². The van der Waals surface area contributed by atoms with Crippen LogP contribution >= 0.6 is 11.6 Å². The lowest BCUT2D eigenvalue weighted by molar-refractivity contribution is -0.134. The highest BCUT2D eigenvalue weighted by Crippen LogP contribution is 2.36. The maximum Gasteiger partial charge on any atom is 0.240 e. The van der Waals surface area contributed by atoms with Crippen molar-refractivity contribution in [1.29, 1.82) is 0 Å². The van der Waals surface area contributed by atoms with E-state index in [9.17, 15) is 13.2 Å². The number of piperidine rings is 1. The van der Waals surface area contributed by atoms with Gasteiger partial charge >= 0.3 is 0 Å². The third-order valence-corrected chi connectivity index (χ3v) is 7.13. The second kappa shape index (κ2) is 8.06. The molecule has 1 heterocycles. The molecule has 5 nitrogen and oxygen atoms in total. The largest absolute Gasteiger partial charge is 0.342 e. The van der Waals surface area contributed by atoms with Crippen LogP contribution in [0.25, 0.3) is 0 Å². The maximum atomic E-state index is 12.4. The van der Waals surface area contributed by atoms with Crippen molar-refractivity contribution in [3.05, 3.63) is 29.3 Å². The summed E-state index contributed by atoms with van der Waals surface area (Å²) in [4.78, 5) is 14.5. The van der Waals surface area contributed by atoms with E-state index in [2.05, 4.69) is 4.72 Å². The molecule has 1 aromatic rings. The van der Waals surface area contributed by atoms with Crippen LogP contribution in [0.2, 0.25) is 5.02 Å². The summed E-state index contributed by atoms with van der Waals surface area (Å²) in [6.07, 6.45) is 6.40. The van der Waals surface area contributed by atoms with Gasteiger partial charge in [0.05, 0.1) is 4.90 Å². The van der Waals surface area contributed by atoms with Crippen LogP contribution in [-0.4, -0.2) is 38.9 Å². The summed E-state index contributed by atoms with van der Waals surface area (Å²) in [6, 6.07) is 5.99. The van der Waals surface area contributed by atoms with Crippen LogP contribution in [0.1, 0.15) is 38.5 Å². The Morgan fingerprint density at radius 3 is 2.52 bits per heavy atom. The van der Waals surface area contributed by atoms with Crippen LogP contribution in [0.5, 0.6) is 0 Å². The van der Waals surface area contributed by atoms with Gasteiger partial charge in [-0.15, -0.1) is 0 Å². The first-order chi connectivity index (χ1) is 12.0. The minimum Gasteiger partial charge on any atom is -0.342 e. The minimum atomic E-state index is -3.60. The number of carbonyl (C=O) groups is 1. The number of amides is 1. The molecule has 0 bridgehead atoms. The Morgan fingerprint density at radius 2 is 1.80 bits per heavy atom. The monoisotopic (exact) mass is 384 g/mol. The van der Waals surface area contributed by atoms with Gasteiger partial charge in [0.15, 0.2) is 0 Å². The molecule has 2 atom stereocenters. The van der Waals surface area contributed by atoms with E-state index in [1.54, 1.807) is 0 Å². The number of hydrogen-bond acceptors (Lipinski definition) is 3. The highest BCUT2D eigenvalue weighted by Gasteiger charge is 2.32. The van der Waals surface area contributed by atoms with E-state index in [4.69, 9.17) is 11.6 Å². The molecule has 0 aromatic heterocycles. The van der Waals surface area contributed by atoms with Crippen molar-refractivity contribution in [3.8, 4) is 0 Å². The fourth-order valence-corrected chi connectivity index (χ4v) is 5.13. The first-order valence-electron chi connectivity index (χ1n) is 8.99. The third kappa shape index (κ3) is 4.74. The van der Waals surface area contributed by atoms with E-state index in [0.717, 1.165) is 25.4 Å². The van der Waals surface area contributed by atoms with E-state index in [-0.39, 0.29) is 23.8 Å². The highest BCUT2D eigenvalue weighted by atomic mass is 35.5. The summed E-state index contributed by atoms with van der Waals surface area (Å²) in [7, 11) is -3.60. The fourth-order valence-electron chi connectivity index (χ4n) is 3.97. The van der Waals surface area contributed by atoms with Crippen molar-refractivity contribution in [2.45, 2.75) is 43.4 Å². The molecule has 1 aliphatic heterocycles. The van der Waals surface area contributed by atoms with Gasteiger partial charge in [0, 0.05) is 31.1 Å². The van der Waals surface area contributed by atoms with Crippen molar-refractivity contribution in [3.63, 3.8) is 0 Å². The Kier molecular flexibility index (Phi) is 6.02. The Morgan fingerprint density at radius 1 is 1.12 bits per heavy atom. The lowest BCUT2D eigenvalue weighted by Crippen LogP contribution is -2.45. The zero-order chi connectivity index (χ0) is 17.9. The van der Waals surface area contributed by atoms with Gasteiger partial charge in [-0.05, 0) is 48.9 Å². The number of nitrogens with one attached hydrogen (secondary N) is 1. The molecule has 1 amide bonds. The van der Waals surface area contributed by atoms with Crippen molar-refractivity contribution in [2.24, 2.45) is 11.8 Å². The van der Waals surface area contributed by atoms with E-state index in [0.29, 0.717) is 10.9 Å². The maximum absolute atomic E-state index is 12.4. The van der Waals surface area contributed by atoms with Crippen LogP contribution in [0.3, 0.4) is 0 Å². The SMILES string of the molecule is O=C(CCNS(=O)(=O)c1ccc(Cl)cc1)N1CC[C@@H]2CCCC[C@@H]2C1. The number of benzene rings is 1. The van der Waals surface area contributed by atoms with Crippen molar-refractivity contribution < 1.29 is 13.2 Å². The average Bonchev–Trinajstić information content (AvgIpc) is 2.61. The first-order valence-corrected chi connectivity index (χ1v) is 10.8. The number of sulfonamides is 1. The smallest absolute Gasteiger partial charge is 0.240 e. The number of hydrogen-bond donors (Lipinski definition) is 1. The lowest BCUT2D eigenvalue weighted by Gasteiger charge is -2.41. The number of rotatable bonds is 5. The summed E-state index contributed by atoms with van der Waals surface area (Å²) >= 11 is 5.78. The van der Waals surface area contributed by atoms with Gasteiger partial charge in [-0.25, -0.2) is 13.1 Å². The molecule has 0 radical (unpaired) electrons. The third-order valence-electron chi connectivity index (χ3n) is 5.40. The average molecular weight is 385 g/mol. The summed E-state index contributed by atoms with van der Waals surface area (Å²) in [6.45, 7) is 1.77. The fraction of sp³-hybridized carbons (Fsp3) is 0.611. The van der Waals surface area contributed by atoms with Gasteiger partial charge in [0.2, 0.25) is 15.9 Å².